The van der Waals surface area contributed by atoms with Crippen LogP contribution in [0, 0.1) is 6.92 Å². The molecule has 2 nitrogen and oxygen atoms in total. The van der Waals surface area contributed by atoms with Crippen LogP contribution in [0.1, 0.15) is 30.7 Å². The van der Waals surface area contributed by atoms with Gasteiger partial charge in [-0.1, -0.05) is 6.92 Å². The van der Waals surface area contributed by atoms with Crippen molar-refractivity contribution in [3.8, 4) is 0 Å². The van der Waals surface area contributed by atoms with Crippen molar-refractivity contribution in [3.05, 3.63) is 21.9 Å². The average Bonchev–Trinajstić information content (AvgIpc) is 2.53. The Kier molecular flexibility index (Phi) is 4.11. The van der Waals surface area contributed by atoms with Gasteiger partial charge >= 0.3 is 0 Å². The SMILES string of the molecule is CCCNCC(C)(O)c1csc(C)c1. The molecule has 0 aliphatic carbocycles. The van der Waals surface area contributed by atoms with Gasteiger partial charge in [0.1, 0.15) is 0 Å². The highest BCUT2D eigenvalue weighted by Gasteiger charge is 2.23. The van der Waals surface area contributed by atoms with Gasteiger partial charge in [-0.2, -0.15) is 0 Å². The highest BCUT2D eigenvalue weighted by atomic mass is 32.1. The molecule has 0 aliphatic rings. The Morgan fingerprint density at radius 3 is 2.79 bits per heavy atom. The molecule has 1 atom stereocenters. The van der Waals surface area contributed by atoms with Gasteiger partial charge in [0.2, 0.25) is 0 Å². The van der Waals surface area contributed by atoms with Gasteiger partial charge in [0.15, 0.2) is 0 Å². The Morgan fingerprint density at radius 2 is 2.29 bits per heavy atom. The predicted molar refractivity (Wildman–Crippen MR) is 61.8 cm³/mol. The zero-order chi connectivity index (χ0) is 10.6. The summed E-state index contributed by atoms with van der Waals surface area (Å²) in [6.07, 6.45) is 1.10. The first kappa shape index (κ1) is 11.7. The lowest BCUT2D eigenvalue weighted by Gasteiger charge is -2.22. The third-order valence-corrected chi connectivity index (χ3v) is 3.11. The molecule has 1 aromatic heterocycles. The van der Waals surface area contributed by atoms with Crippen molar-refractivity contribution in [2.24, 2.45) is 0 Å². The molecule has 0 bridgehead atoms. The molecule has 1 heterocycles. The molecule has 0 saturated heterocycles. The van der Waals surface area contributed by atoms with Gasteiger partial charge < -0.3 is 10.4 Å². The molecule has 0 aromatic carbocycles. The first-order valence-corrected chi connectivity index (χ1v) is 5.93. The highest BCUT2D eigenvalue weighted by Crippen LogP contribution is 2.24. The summed E-state index contributed by atoms with van der Waals surface area (Å²) in [6.45, 7) is 7.62. The number of hydrogen-bond donors (Lipinski definition) is 2. The molecule has 0 spiro atoms. The topological polar surface area (TPSA) is 32.3 Å². The summed E-state index contributed by atoms with van der Waals surface area (Å²) in [6, 6.07) is 2.05. The lowest BCUT2D eigenvalue weighted by molar-refractivity contribution is 0.0576. The normalized spacial score (nSPS) is 15.4. The van der Waals surface area contributed by atoms with E-state index < -0.39 is 5.60 Å². The second-order valence-corrected chi connectivity index (χ2v) is 5.01. The number of thiophene rings is 1. The molecule has 1 rings (SSSR count). The second kappa shape index (κ2) is 4.91. The van der Waals surface area contributed by atoms with Crippen molar-refractivity contribution < 1.29 is 5.11 Å². The quantitative estimate of drug-likeness (QED) is 0.735. The zero-order valence-electron chi connectivity index (χ0n) is 9.13. The van der Waals surface area contributed by atoms with E-state index in [0.717, 1.165) is 18.5 Å². The van der Waals surface area contributed by atoms with Crippen LogP contribution in [0.25, 0.3) is 0 Å². The Balaban J connectivity index is 2.56. The van der Waals surface area contributed by atoms with Crippen molar-refractivity contribution in [2.75, 3.05) is 13.1 Å². The lowest BCUT2D eigenvalue weighted by atomic mass is 9.99. The molecule has 0 amide bonds. The van der Waals surface area contributed by atoms with Gasteiger partial charge in [0, 0.05) is 11.4 Å². The van der Waals surface area contributed by atoms with E-state index in [2.05, 4.69) is 25.2 Å². The average molecular weight is 213 g/mol. The maximum atomic E-state index is 10.2. The largest absolute Gasteiger partial charge is 0.384 e. The highest BCUT2D eigenvalue weighted by molar-refractivity contribution is 7.10. The van der Waals surface area contributed by atoms with Crippen LogP contribution in [-0.4, -0.2) is 18.2 Å². The van der Waals surface area contributed by atoms with E-state index in [4.69, 9.17) is 0 Å². The fraction of sp³-hybridized carbons (Fsp3) is 0.636. The van der Waals surface area contributed by atoms with Crippen molar-refractivity contribution in [1.82, 2.24) is 5.32 Å². The summed E-state index contributed by atoms with van der Waals surface area (Å²) in [5, 5.41) is 15.4. The van der Waals surface area contributed by atoms with E-state index >= 15 is 0 Å². The number of hydrogen-bond acceptors (Lipinski definition) is 3. The van der Waals surface area contributed by atoms with Crippen LogP contribution >= 0.6 is 11.3 Å². The summed E-state index contributed by atoms with van der Waals surface area (Å²) in [5.41, 5.74) is 0.281. The third-order valence-electron chi connectivity index (χ3n) is 2.25. The molecule has 14 heavy (non-hydrogen) atoms. The summed E-state index contributed by atoms with van der Waals surface area (Å²) in [7, 11) is 0. The van der Waals surface area contributed by atoms with Crippen LogP contribution < -0.4 is 5.32 Å². The number of nitrogens with one attached hydrogen (secondary N) is 1. The summed E-state index contributed by atoms with van der Waals surface area (Å²) in [4.78, 5) is 1.25. The minimum atomic E-state index is -0.736. The van der Waals surface area contributed by atoms with Crippen LogP contribution in [0.5, 0.6) is 0 Å². The third kappa shape index (κ3) is 3.08. The van der Waals surface area contributed by atoms with Crippen molar-refractivity contribution in [1.29, 1.82) is 0 Å². The van der Waals surface area contributed by atoms with E-state index in [1.807, 2.05) is 12.3 Å². The Bertz CT molecular complexity index is 281. The van der Waals surface area contributed by atoms with Gasteiger partial charge in [-0.25, -0.2) is 0 Å². The van der Waals surface area contributed by atoms with E-state index in [1.54, 1.807) is 11.3 Å². The molecule has 1 unspecified atom stereocenters. The van der Waals surface area contributed by atoms with Gasteiger partial charge in [-0.05, 0) is 43.8 Å². The van der Waals surface area contributed by atoms with Crippen LogP contribution in [0.15, 0.2) is 11.4 Å². The fourth-order valence-corrected chi connectivity index (χ4v) is 2.17. The monoisotopic (exact) mass is 213 g/mol. The molecule has 0 saturated carbocycles. The van der Waals surface area contributed by atoms with E-state index in [1.165, 1.54) is 4.88 Å². The van der Waals surface area contributed by atoms with Gasteiger partial charge in [0.25, 0.3) is 0 Å². The van der Waals surface area contributed by atoms with Crippen molar-refractivity contribution in [2.45, 2.75) is 32.8 Å². The Hall–Kier alpha value is -0.380. The molecular formula is C11H19NOS. The number of rotatable bonds is 5. The first-order chi connectivity index (χ1) is 6.56. The standard InChI is InChI=1S/C11H19NOS/c1-4-5-12-8-11(3,13)10-6-9(2)14-7-10/h6-7,12-13H,4-5,8H2,1-3H3. The smallest absolute Gasteiger partial charge is 0.1000 e. The van der Waals surface area contributed by atoms with E-state index in [-0.39, 0.29) is 0 Å². The minimum Gasteiger partial charge on any atom is -0.384 e. The zero-order valence-corrected chi connectivity index (χ0v) is 9.95. The first-order valence-electron chi connectivity index (χ1n) is 5.05. The van der Waals surface area contributed by atoms with Crippen LogP contribution in [-0.2, 0) is 5.60 Å². The molecular weight excluding hydrogens is 194 g/mol. The molecule has 0 radical (unpaired) electrons. The molecule has 80 valence electrons. The number of aryl methyl sites for hydroxylation is 1. The molecule has 1 aromatic rings. The minimum absolute atomic E-state index is 0.622. The van der Waals surface area contributed by atoms with Crippen molar-refractivity contribution in [3.63, 3.8) is 0 Å². The summed E-state index contributed by atoms with van der Waals surface area (Å²) in [5.74, 6) is 0. The molecule has 0 aliphatic heterocycles. The van der Waals surface area contributed by atoms with E-state index in [0.29, 0.717) is 6.54 Å². The van der Waals surface area contributed by atoms with Crippen molar-refractivity contribution >= 4 is 11.3 Å². The van der Waals surface area contributed by atoms with E-state index in [9.17, 15) is 5.11 Å². The molecule has 0 fully saturated rings. The summed E-state index contributed by atoms with van der Waals surface area (Å²) < 4.78 is 0. The van der Waals surface area contributed by atoms with Crippen LogP contribution in [0.2, 0.25) is 0 Å². The van der Waals surface area contributed by atoms with Gasteiger partial charge in [0.05, 0.1) is 5.60 Å². The molecule has 2 N–H and O–H groups in total. The van der Waals surface area contributed by atoms with Crippen LogP contribution in [0.3, 0.4) is 0 Å². The Morgan fingerprint density at radius 1 is 1.57 bits per heavy atom. The van der Waals surface area contributed by atoms with Gasteiger partial charge in [-0.3, -0.25) is 0 Å². The maximum Gasteiger partial charge on any atom is 0.1000 e. The van der Waals surface area contributed by atoms with Gasteiger partial charge in [-0.15, -0.1) is 11.3 Å². The Labute approximate surface area is 90.0 Å². The second-order valence-electron chi connectivity index (χ2n) is 3.90. The molecule has 3 heteroatoms. The van der Waals surface area contributed by atoms with Crippen LogP contribution in [0.4, 0.5) is 0 Å². The fourth-order valence-electron chi connectivity index (χ4n) is 1.34. The predicted octanol–water partition coefficient (Wildman–Crippen LogP) is 2.26. The maximum absolute atomic E-state index is 10.2. The summed E-state index contributed by atoms with van der Waals surface area (Å²) >= 11 is 1.68. The lowest BCUT2D eigenvalue weighted by Crippen LogP contribution is -2.35. The number of aliphatic hydroxyl groups is 1.